The van der Waals surface area contributed by atoms with Gasteiger partial charge < -0.3 is 5.32 Å². The van der Waals surface area contributed by atoms with Crippen molar-refractivity contribution in [3.8, 4) is 0 Å². The molecular formula is C16H23N. The Labute approximate surface area is 105 Å². The Bertz CT molecular complexity index is 393. The van der Waals surface area contributed by atoms with Gasteiger partial charge in [-0.1, -0.05) is 24.6 Å². The molecule has 0 heterocycles. The van der Waals surface area contributed by atoms with Crippen molar-refractivity contribution in [2.45, 2.75) is 58.0 Å². The lowest BCUT2D eigenvalue weighted by Crippen LogP contribution is -2.36. The highest BCUT2D eigenvalue weighted by molar-refractivity contribution is 5.35. The monoisotopic (exact) mass is 229 g/mol. The van der Waals surface area contributed by atoms with Crippen LogP contribution in [0, 0.1) is 5.92 Å². The molecule has 1 aromatic carbocycles. The molecule has 0 spiro atoms. The van der Waals surface area contributed by atoms with Gasteiger partial charge in [0.25, 0.3) is 0 Å². The lowest BCUT2D eigenvalue weighted by molar-refractivity contribution is 0.240. The summed E-state index contributed by atoms with van der Waals surface area (Å²) in [5.41, 5.74) is 4.65. The van der Waals surface area contributed by atoms with E-state index in [1.54, 1.807) is 11.1 Å². The van der Waals surface area contributed by atoms with Gasteiger partial charge in [0.15, 0.2) is 0 Å². The van der Waals surface area contributed by atoms with Gasteiger partial charge in [-0.2, -0.15) is 0 Å². The molecule has 0 bridgehead atoms. The fourth-order valence-electron chi connectivity index (χ4n) is 3.12. The van der Waals surface area contributed by atoms with Crippen LogP contribution in [0.4, 0.5) is 0 Å². The first-order chi connectivity index (χ1) is 8.33. The van der Waals surface area contributed by atoms with Crippen LogP contribution in [0.3, 0.4) is 0 Å². The summed E-state index contributed by atoms with van der Waals surface area (Å²) in [6.07, 6.45) is 8.24. The van der Waals surface area contributed by atoms with E-state index >= 15 is 0 Å². The maximum Gasteiger partial charge on any atom is 0.0208 e. The van der Waals surface area contributed by atoms with E-state index in [2.05, 4.69) is 30.4 Å². The van der Waals surface area contributed by atoms with Gasteiger partial charge in [-0.25, -0.2) is 0 Å². The zero-order chi connectivity index (χ0) is 11.7. The van der Waals surface area contributed by atoms with Crippen LogP contribution >= 0.6 is 0 Å². The molecule has 2 aliphatic carbocycles. The SMILES string of the molecule is CC(NCc1ccc2c(c1)CCC2)C1CCC1. The summed E-state index contributed by atoms with van der Waals surface area (Å²) in [7, 11) is 0. The fourth-order valence-corrected chi connectivity index (χ4v) is 3.12. The average molecular weight is 229 g/mol. The number of rotatable bonds is 4. The van der Waals surface area contributed by atoms with Crippen molar-refractivity contribution in [3.63, 3.8) is 0 Å². The first kappa shape index (κ1) is 11.3. The van der Waals surface area contributed by atoms with Gasteiger partial charge >= 0.3 is 0 Å². The Morgan fingerprint density at radius 2 is 2.00 bits per heavy atom. The van der Waals surface area contributed by atoms with Crippen molar-refractivity contribution in [2.75, 3.05) is 0 Å². The minimum absolute atomic E-state index is 0.692. The molecule has 0 aliphatic heterocycles. The van der Waals surface area contributed by atoms with Crippen molar-refractivity contribution >= 4 is 0 Å². The average Bonchev–Trinajstić information content (AvgIpc) is 2.71. The van der Waals surface area contributed by atoms with Crippen LogP contribution in [0.5, 0.6) is 0 Å². The Balaban J connectivity index is 1.57. The molecule has 0 radical (unpaired) electrons. The number of nitrogens with one attached hydrogen (secondary N) is 1. The Hall–Kier alpha value is -0.820. The van der Waals surface area contributed by atoms with E-state index in [1.807, 2.05) is 0 Å². The maximum absolute atomic E-state index is 3.69. The molecule has 92 valence electrons. The van der Waals surface area contributed by atoms with Crippen LogP contribution in [-0.2, 0) is 19.4 Å². The van der Waals surface area contributed by atoms with Crippen molar-refractivity contribution in [3.05, 3.63) is 34.9 Å². The highest BCUT2D eigenvalue weighted by Gasteiger charge is 2.23. The molecular weight excluding hydrogens is 206 g/mol. The predicted octanol–water partition coefficient (Wildman–Crippen LogP) is 3.45. The van der Waals surface area contributed by atoms with Crippen molar-refractivity contribution in [1.82, 2.24) is 5.32 Å². The molecule has 1 nitrogen and oxygen atoms in total. The van der Waals surface area contributed by atoms with E-state index in [0.717, 1.165) is 12.5 Å². The minimum atomic E-state index is 0.692. The summed E-state index contributed by atoms with van der Waals surface area (Å²) in [4.78, 5) is 0. The molecule has 1 heteroatoms. The standard InChI is InChI=1S/C16H23N/c1-12(14-4-2-5-14)17-11-13-8-9-15-6-3-7-16(15)10-13/h8-10,12,14,17H,2-7,11H2,1H3. The molecule has 3 rings (SSSR count). The number of fused-ring (bicyclic) bond motifs is 1. The zero-order valence-electron chi connectivity index (χ0n) is 10.8. The molecule has 0 amide bonds. The third-order valence-corrected chi connectivity index (χ3v) is 4.65. The number of aryl methyl sites for hydroxylation is 2. The predicted molar refractivity (Wildman–Crippen MR) is 72.1 cm³/mol. The summed E-state index contributed by atoms with van der Waals surface area (Å²) >= 11 is 0. The van der Waals surface area contributed by atoms with Crippen LogP contribution in [0.2, 0.25) is 0 Å². The topological polar surface area (TPSA) is 12.0 Å². The molecule has 1 aromatic rings. The van der Waals surface area contributed by atoms with Crippen LogP contribution in [0.1, 0.15) is 49.3 Å². The summed E-state index contributed by atoms with van der Waals surface area (Å²) in [6, 6.07) is 7.76. The van der Waals surface area contributed by atoms with E-state index < -0.39 is 0 Å². The van der Waals surface area contributed by atoms with Gasteiger partial charge in [0, 0.05) is 12.6 Å². The molecule has 2 aliphatic rings. The lowest BCUT2D eigenvalue weighted by Gasteiger charge is -2.32. The van der Waals surface area contributed by atoms with Crippen molar-refractivity contribution < 1.29 is 0 Å². The third kappa shape index (κ3) is 2.40. The fraction of sp³-hybridized carbons (Fsp3) is 0.625. The number of hydrogen-bond donors (Lipinski definition) is 1. The minimum Gasteiger partial charge on any atom is -0.310 e. The second kappa shape index (κ2) is 4.81. The molecule has 1 fully saturated rings. The van der Waals surface area contributed by atoms with Gasteiger partial charge in [0.1, 0.15) is 0 Å². The lowest BCUT2D eigenvalue weighted by atomic mass is 9.80. The van der Waals surface area contributed by atoms with Gasteiger partial charge in [0.2, 0.25) is 0 Å². The van der Waals surface area contributed by atoms with E-state index in [9.17, 15) is 0 Å². The smallest absolute Gasteiger partial charge is 0.0208 e. The second-order valence-corrected chi connectivity index (χ2v) is 5.82. The summed E-state index contributed by atoms with van der Waals surface area (Å²) < 4.78 is 0. The molecule has 1 N–H and O–H groups in total. The van der Waals surface area contributed by atoms with Gasteiger partial charge in [0.05, 0.1) is 0 Å². The van der Waals surface area contributed by atoms with Crippen LogP contribution in [0.25, 0.3) is 0 Å². The Kier molecular flexibility index (Phi) is 3.19. The molecule has 0 aromatic heterocycles. The van der Waals surface area contributed by atoms with E-state index in [1.165, 1.54) is 44.1 Å². The molecule has 1 saturated carbocycles. The van der Waals surface area contributed by atoms with Crippen LogP contribution in [0.15, 0.2) is 18.2 Å². The largest absolute Gasteiger partial charge is 0.310 e. The van der Waals surface area contributed by atoms with Crippen LogP contribution in [-0.4, -0.2) is 6.04 Å². The van der Waals surface area contributed by atoms with Crippen LogP contribution < -0.4 is 5.32 Å². The first-order valence-corrected chi connectivity index (χ1v) is 7.17. The number of hydrogen-bond acceptors (Lipinski definition) is 1. The maximum atomic E-state index is 3.69. The summed E-state index contributed by atoms with van der Waals surface area (Å²) in [5.74, 6) is 0.935. The second-order valence-electron chi connectivity index (χ2n) is 5.82. The summed E-state index contributed by atoms with van der Waals surface area (Å²) in [6.45, 7) is 3.39. The normalized spacial score (nSPS) is 21.0. The summed E-state index contributed by atoms with van der Waals surface area (Å²) in [5, 5.41) is 3.69. The third-order valence-electron chi connectivity index (χ3n) is 4.65. The van der Waals surface area contributed by atoms with Crippen molar-refractivity contribution in [2.24, 2.45) is 5.92 Å². The van der Waals surface area contributed by atoms with Crippen molar-refractivity contribution in [1.29, 1.82) is 0 Å². The first-order valence-electron chi connectivity index (χ1n) is 7.17. The van der Waals surface area contributed by atoms with Gasteiger partial charge in [-0.15, -0.1) is 0 Å². The van der Waals surface area contributed by atoms with E-state index in [4.69, 9.17) is 0 Å². The molecule has 1 unspecified atom stereocenters. The Morgan fingerprint density at radius 1 is 1.18 bits per heavy atom. The number of benzene rings is 1. The highest BCUT2D eigenvalue weighted by atomic mass is 14.9. The molecule has 17 heavy (non-hydrogen) atoms. The van der Waals surface area contributed by atoms with E-state index in [0.29, 0.717) is 6.04 Å². The molecule has 0 saturated heterocycles. The molecule has 1 atom stereocenters. The van der Waals surface area contributed by atoms with Gasteiger partial charge in [-0.05, 0) is 61.6 Å². The van der Waals surface area contributed by atoms with Gasteiger partial charge in [-0.3, -0.25) is 0 Å². The Morgan fingerprint density at radius 3 is 2.76 bits per heavy atom. The zero-order valence-corrected chi connectivity index (χ0v) is 10.8. The quantitative estimate of drug-likeness (QED) is 0.834. The highest BCUT2D eigenvalue weighted by Crippen LogP contribution is 2.29. The van der Waals surface area contributed by atoms with E-state index in [-0.39, 0.29) is 0 Å².